The third-order valence-corrected chi connectivity index (χ3v) is 3.33. The molecule has 100 valence electrons. The molecule has 19 heavy (non-hydrogen) atoms. The van der Waals surface area contributed by atoms with E-state index in [1.807, 2.05) is 12.3 Å². The van der Waals surface area contributed by atoms with Gasteiger partial charge in [-0.3, -0.25) is 4.98 Å². The third kappa shape index (κ3) is 3.57. The first-order chi connectivity index (χ1) is 8.97. The summed E-state index contributed by atoms with van der Waals surface area (Å²) in [6, 6.07) is 12.7. The number of rotatable bonds is 3. The molecule has 0 atom stereocenters. The van der Waals surface area contributed by atoms with Crippen LogP contribution in [0.4, 0.5) is 5.69 Å². The van der Waals surface area contributed by atoms with E-state index < -0.39 is 0 Å². The minimum Gasteiger partial charge on any atom is -0.379 e. The van der Waals surface area contributed by atoms with Gasteiger partial charge in [-0.25, -0.2) is 0 Å². The molecule has 0 aliphatic rings. The Morgan fingerprint density at radius 2 is 1.74 bits per heavy atom. The van der Waals surface area contributed by atoms with Gasteiger partial charge in [0.15, 0.2) is 0 Å². The van der Waals surface area contributed by atoms with Crippen LogP contribution in [0.1, 0.15) is 37.6 Å². The summed E-state index contributed by atoms with van der Waals surface area (Å²) >= 11 is 0. The molecule has 0 radical (unpaired) electrons. The number of hydrogen-bond acceptors (Lipinski definition) is 2. The first-order valence-corrected chi connectivity index (χ1v) is 6.72. The van der Waals surface area contributed by atoms with E-state index in [9.17, 15) is 0 Å². The maximum Gasteiger partial charge on any atom is 0.0623 e. The van der Waals surface area contributed by atoms with E-state index in [4.69, 9.17) is 0 Å². The molecule has 0 fully saturated rings. The fourth-order valence-corrected chi connectivity index (χ4v) is 1.98. The molecule has 1 aromatic carbocycles. The lowest BCUT2D eigenvalue weighted by Crippen LogP contribution is -2.11. The summed E-state index contributed by atoms with van der Waals surface area (Å²) in [7, 11) is 0. The van der Waals surface area contributed by atoms with Crippen molar-refractivity contribution in [3.05, 3.63) is 59.4 Å². The van der Waals surface area contributed by atoms with Gasteiger partial charge in [0, 0.05) is 11.9 Å². The maximum atomic E-state index is 4.39. The summed E-state index contributed by atoms with van der Waals surface area (Å²) < 4.78 is 0. The van der Waals surface area contributed by atoms with Gasteiger partial charge in [-0.15, -0.1) is 0 Å². The predicted octanol–water partition coefficient (Wildman–Crippen LogP) is 4.30. The molecule has 0 unspecified atom stereocenters. The molecular formula is C17H22N2. The van der Waals surface area contributed by atoms with Crippen LogP contribution in [0.15, 0.2) is 42.6 Å². The number of benzene rings is 1. The van der Waals surface area contributed by atoms with Crippen molar-refractivity contribution < 1.29 is 0 Å². The predicted molar refractivity (Wildman–Crippen MR) is 81.4 cm³/mol. The fraction of sp³-hybridized carbons (Fsp3) is 0.353. The zero-order valence-electron chi connectivity index (χ0n) is 12.2. The number of hydrogen-bond donors (Lipinski definition) is 1. The lowest BCUT2D eigenvalue weighted by Gasteiger charge is -2.19. The molecular weight excluding hydrogens is 232 g/mol. The Bertz CT molecular complexity index is 536. The van der Waals surface area contributed by atoms with Crippen molar-refractivity contribution in [2.24, 2.45) is 0 Å². The normalized spacial score (nSPS) is 11.4. The first kappa shape index (κ1) is 13.6. The van der Waals surface area contributed by atoms with E-state index in [2.05, 4.69) is 68.3 Å². The molecule has 1 N–H and O–H groups in total. The summed E-state index contributed by atoms with van der Waals surface area (Å²) in [6.07, 6.45) is 1.84. The molecule has 2 aromatic rings. The lowest BCUT2D eigenvalue weighted by molar-refractivity contribution is 0.590. The van der Waals surface area contributed by atoms with E-state index in [0.29, 0.717) is 0 Å². The highest BCUT2D eigenvalue weighted by Crippen LogP contribution is 2.23. The molecule has 2 heteroatoms. The van der Waals surface area contributed by atoms with Crippen LogP contribution in [-0.2, 0) is 12.0 Å². The summed E-state index contributed by atoms with van der Waals surface area (Å²) in [5.41, 5.74) is 5.02. The van der Waals surface area contributed by atoms with Crippen LogP contribution in [0.3, 0.4) is 0 Å². The van der Waals surface area contributed by atoms with Gasteiger partial charge >= 0.3 is 0 Å². The van der Waals surface area contributed by atoms with E-state index >= 15 is 0 Å². The number of nitrogens with zero attached hydrogens (tertiary/aromatic N) is 1. The zero-order chi connectivity index (χ0) is 13.9. The van der Waals surface area contributed by atoms with Crippen LogP contribution in [0.5, 0.6) is 0 Å². The van der Waals surface area contributed by atoms with Crippen molar-refractivity contribution in [3.63, 3.8) is 0 Å². The summed E-state index contributed by atoms with van der Waals surface area (Å²) in [4.78, 5) is 4.39. The molecule has 0 saturated carbocycles. The Morgan fingerprint density at radius 3 is 2.32 bits per heavy atom. The summed E-state index contributed by atoms with van der Waals surface area (Å²) in [5, 5.41) is 3.42. The highest BCUT2D eigenvalue weighted by molar-refractivity contribution is 5.46. The number of aryl methyl sites for hydroxylation is 1. The second-order valence-corrected chi connectivity index (χ2v) is 5.95. The van der Waals surface area contributed by atoms with Crippen LogP contribution < -0.4 is 5.32 Å². The van der Waals surface area contributed by atoms with Crippen molar-refractivity contribution in [3.8, 4) is 0 Å². The lowest BCUT2D eigenvalue weighted by atomic mass is 9.87. The standard InChI is InChI=1S/C17H22N2/c1-13-6-5-11-18-16(13)12-19-15-9-7-14(8-10-15)17(2,3)4/h5-11,19H,12H2,1-4H3. The fourth-order valence-electron chi connectivity index (χ4n) is 1.98. The van der Waals surface area contributed by atoms with Gasteiger partial charge in [-0.1, -0.05) is 39.0 Å². The smallest absolute Gasteiger partial charge is 0.0623 e. The monoisotopic (exact) mass is 254 g/mol. The Labute approximate surface area is 115 Å². The molecule has 0 bridgehead atoms. The molecule has 2 rings (SSSR count). The van der Waals surface area contributed by atoms with Crippen LogP contribution in [0.25, 0.3) is 0 Å². The van der Waals surface area contributed by atoms with E-state index in [1.54, 1.807) is 0 Å². The number of anilines is 1. The van der Waals surface area contributed by atoms with Crippen molar-refractivity contribution in [1.29, 1.82) is 0 Å². The van der Waals surface area contributed by atoms with Crippen molar-refractivity contribution >= 4 is 5.69 Å². The molecule has 0 aliphatic heterocycles. The summed E-state index contributed by atoms with van der Waals surface area (Å²) in [5.74, 6) is 0. The molecule has 2 nitrogen and oxygen atoms in total. The van der Waals surface area contributed by atoms with Gasteiger partial charge in [0.25, 0.3) is 0 Å². The first-order valence-electron chi connectivity index (χ1n) is 6.72. The van der Waals surface area contributed by atoms with Gasteiger partial charge in [-0.2, -0.15) is 0 Å². The molecule has 1 aromatic heterocycles. The SMILES string of the molecule is Cc1cccnc1CNc1ccc(C(C)(C)C)cc1. The van der Waals surface area contributed by atoms with Crippen LogP contribution in [0, 0.1) is 6.92 Å². The Kier molecular flexibility index (Phi) is 3.89. The van der Waals surface area contributed by atoms with E-state index in [0.717, 1.165) is 17.9 Å². The number of aromatic nitrogens is 1. The summed E-state index contributed by atoms with van der Waals surface area (Å²) in [6.45, 7) is 9.54. The molecule has 0 spiro atoms. The van der Waals surface area contributed by atoms with Gasteiger partial charge in [0.2, 0.25) is 0 Å². The van der Waals surface area contributed by atoms with Gasteiger partial charge in [-0.05, 0) is 41.7 Å². The Hall–Kier alpha value is -1.83. The van der Waals surface area contributed by atoms with Gasteiger partial charge < -0.3 is 5.32 Å². The largest absolute Gasteiger partial charge is 0.379 e. The average molecular weight is 254 g/mol. The second-order valence-electron chi connectivity index (χ2n) is 5.95. The number of pyridine rings is 1. The second kappa shape index (κ2) is 5.43. The highest BCUT2D eigenvalue weighted by Gasteiger charge is 2.12. The van der Waals surface area contributed by atoms with Crippen molar-refractivity contribution in [2.75, 3.05) is 5.32 Å². The Morgan fingerprint density at radius 1 is 1.05 bits per heavy atom. The third-order valence-electron chi connectivity index (χ3n) is 3.33. The van der Waals surface area contributed by atoms with Crippen LogP contribution in [0.2, 0.25) is 0 Å². The maximum absolute atomic E-state index is 4.39. The van der Waals surface area contributed by atoms with E-state index in [-0.39, 0.29) is 5.41 Å². The highest BCUT2D eigenvalue weighted by atomic mass is 14.9. The minimum absolute atomic E-state index is 0.204. The molecule has 0 saturated heterocycles. The van der Waals surface area contributed by atoms with Crippen LogP contribution >= 0.6 is 0 Å². The average Bonchev–Trinajstić information content (AvgIpc) is 2.37. The molecule has 0 amide bonds. The molecule has 0 aliphatic carbocycles. The quantitative estimate of drug-likeness (QED) is 0.883. The minimum atomic E-state index is 0.204. The molecule has 1 heterocycles. The van der Waals surface area contributed by atoms with Crippen molar-refractivity contribution in [2.45, 2.75) is 39.7 Å². The zero-order valence-corrected chi connectivity index (χ0v) is 12.2. The Balaban J connectivity index is 2.03. The topological polar surface area (TPSA) is 24.9 Å². The van der Waals surface area contributed by atoms with Crippen molar-refractivity contribution in [1.82, 2.24) is 4.98 Å². The van der Waals surface area contributed by atoms with E-state index in [1.165, 1.54) is 11.1 Å². The van der Waals surface area contributed by atoms with Crippen LogP contribution in [-0.4, -0.2) is 4.98 Å². The number of nitrogens with one attached hydrogen (secondary N) is 1. The van der Waals surface area contributed by atoms with Gasteiger partial charge in [0.1, 0.15) is 0 Å². The van der Waals surface area contributed by atoms with Gasteiger partial charge in [0.05, 0.1) is 12.2 Å².